The van der Waals surface area contributed by atoms with Crippen molar-refractivity contribution in [3.63, 3.8) is 0 Å². The fraction of sp³-hybridized carbons (Fsp3) is 0.304. The summed E-state index contributed by atoms with van der Waals surface area (Å²) >= 11 is 0. The van der Waals surface area contributed by atoms with E-state index in [2.05, 4.69) is 15.7 Å². The Morgan fingerprint density at radius 3 is 2.50 bits per heavy atom. The van der Waals surface area contributed by atoms with Crippen molar-refractivity contribution in [3.8, 4) is 5.75 Å². The van der Waals surface area contributed by atoms with Gasteiger partial charge in [0.05, 0.1) is 18.8 Å². The quantitative estimate of drug-likeness (QED) is 0.545. The Kier molecular flexibility index (Phi) is 5.82. The third-order valence-corrected chi connectivity index (χ3v) is 5.39. The van der Waals surface area contributed by atoms with Gasteiger partial charge in [0, 0.05) is 12.1 Å². The van der Waals surface area contributed by atoms with Crippen LogP contribution in [0.5, 0.6) is 5.75 Å². The summed E-state index contributed by atoms with van der Waals surface area (Å²) in [6.07, 6.45) is -3.56. The van der Waals surface area contributed by atoms with Gasteiger partial charge in [0.2, 0.25) is 0 Å². The Balaban J connectivity index is 1.62. The molecule has 0 radical (unpaired) electrons. The molecule has 2 aromatic carbocycles. The maximum absolute atomic E-state index is 13.8. The van der Waals surface area contributed by atoms with Crippen LogP contribution in [-0.4, -0.2) is 28.5 Å². The average molecular weight is 444 g/mol. The zero-order chi connectivity index (χ0) is 22.9. The molecule has 1 aliphatic rings. The van der Waals surface area contributed by atoms with Crippen molar-refractivity contribution in [1.29, 1.82) is 0 Å². The number of nitrogens with zero attached hydrogens (tertiary/aromatic N) is 2. The smallest absolute Gasteiger partial charge is 0.410 e. The number of nitrogens with one attached hydrogen (secondary N) is 2. The van der Waals surface area contributed by atoms with E-state index in [1.165, 1.54) is 6.20 Å². The summed E-state index contributed by atoms with van der Waals surface area (Å²) in [5, 5.41) is 9.71. The van der Waals surface area contributed by atoms with E-state index in [0.717, 1.165) is 15.8 Å². The first kappa shape index (κ1) is 21.7. The fourth-order valence-electron chi connectivity index (χ4n) is 3.75. The van der Waals surface area contributed by atoms with Crippen molar-refractivity contribution in [1.82, 2.24) is 9.78 Å². The number of ether oxygens (including phenoxy) is 1. The van der Waals surface area contributed by atoms with Gasteiger partial charge in [-0.05, 0) is 43.7 Å². The zero-order valence-electron chi connectivity index (χ0n) is 17.6. The molecule has 2 heterocycles. The molecular formula is C23H23F3N4O2. The molecule has 1 aliphatic heterocycles. The summed E-state index contributed by atoms with van der Waals surface area (Å²) in [6.45, 7) is 4.29. The van der Waals surface area contributed by atoms with Gasteiger partial charge in [-0.25, -0.2) is 4.68 Å². The Morgan fingerprint density at radius 1 is 1.19 bits per heavy atom. The van der Waals surface area contributed by atoms with Crippen molar-refractivity contribution < 1.29 is 22.7 Å². The Morgan fingerprint density at radius 2 is 1.88 bits per heavy atom. The predicted molar refractivity (Wildman–Crippen MR) is 115 cm³/mol. The van der Waals surface area contributed by atoms with E-state index < -0.39 is 24.2 Å². The normalized spacial score (nSPS) is 17.9. The number of amides is 1. The minimum absolute atomic E-state index is 0.0462. The van der Waals surface area contributed by atoms with Gasteiger partial charge in [-0.3, -0.25) is 4.79 Å². The van der Waals surface area contributed by atoms with Crippen molar-refractivity contribution in [2.24, 2.45) is 0 Å². The van der Waals surface area contributed by atoms with Gasteiger partial charge in [-0.1, -0.05) is 29.8 Å². The Labute approximate surface area is 183 Å². The Bertz CT molecular complexity index is 1090. The number of benzene rings is 2. The monoisotopic (exact) mass is 444 g/mol. The molecule has 168 valence electrons. The highest BCUT2D eigenvalue weighted by Crippen LogP contribution is 2.44. The molecule has 4 rings (SSSR count). The van der Waals surface area contributed by atoms with E-state index in [-0.39, 0.29) is 17.8 Å². The second-order valence-corrected chi connectivity index (χ2v) is 7.66. The van der Waals surface area contributed by atoms with Crippen LogP contribution in [0.4, 0.5) is 24.7 Å². The molecule has 1 aromatic heterocycles. The number of hydrogen-bond acceptors (Lipinski definition) is 4. The van der Waals surface area contributed by atoms with Crippen LogP contribution in [0.1, 0.15) is 46.9 Å². The lowest BCUT2D eigenvalue weighted by molar-refractivity contribution is -0.173. The molecule has 2 N–H and O–H groups in total. The van der Waals surface area contributed by atoms with Gasteiger partial charge in [0.1, 0.15) is 17.1 Å². The molecule has 0 spiro atoms. The molecule has 0 bridgehead atoms. The fourth-order valence-corrected chi connectivity index (χ4v) is 3.75. The number of halogens is 3. The second-order valence-electron chi connectivity index (χ2n) is 7.66. The molecule has 2 atom stereocenters. The lowest BCUT2D eigenvalue weighted by atomic mass is 9.96. The van der Waals surface area contributed by atoms with Crippen LogP contribution in [-0.2, 0) is 0 Å². The van der Waals surface area contributed by atoms with Crippen LogP contribution >= 0.6 is 0 Å². The molecule has 0 saturated heterocycles. The van der Waals surface area contributed by atoms with E-state index in [1.807, 2.05) is 26.0 Å². The number of aromatic nitrogens is 2. The standard InChI is InChI=1S/C23H23F3N4O2/c1-3-32-17-10-8-16(9-11-17)28-22(31)18-13-27-30-20(23(24,25)26)12-19(29-21(18)30)15-6-4-14(2)5-7-15/h4-11,13,19-20,29H,3,12H2,1-2H3,(H,28,31)/t19-,20+/m0/s1. The van der Waals surface area contributed by atoms with Crippen LogP contribution in [0.25, 0.3) is 0 Å². The van der Waals surface area contributed by atoms with Crippen molar-refractivity contribution >= 4 is 17.4 Å². The molecule has 32 heavy (non-hydrogen) atoms. The summed E-state index contributed by atoms with van der Waals surface area (Å²) in [4.78, 5) is 12.9. The summed E-state index contributed by atoms with van der Waals surface area (Å²) in [7, 11) is 0. The number of carbonyl (C=O) groups is 1. The predicted octanol–water partition coefficient (Wildman–Crippen LogP) is 5.50. The lowest BCUT2D eigenvalue weighted by Crippen LogP contribution is -2.36. The third kappa shape index (κ3) is 4.42. The number of rotatable bonds is 5. The number of aryl methyl sites for hydroxylation is 1. The molecule has 0 saturated carbocycles. The van der Waals surface area contributed by atoms with Gasteiger partial charge < -0.3 is 15.4 Å². The maximum atomic E-state index is 13.8. The largest absolute Gasteiger partial charge is 0.494 e. The van der Waals surface area contributed by atoms with Crippen LogP contribution in [0, 0.1) is 6.92 Å². The maximum Gasteiger partial charge on any atom is 0.410 e. The molecule has 9 heteroatoms. The molecule has 0 unspecified atom stereocenters. The SMILES string of the molecule is CCOc1ccc(NC(=O)c2cnn3c2N[C@H](c2ccc(C)cc2)C[C@@H]3C(F)(F)F)cc1. The minimum atomic E-state index is -4.51. The zero-order valence-corrected chi connectivity index (χ0v) is 17.6. The number of anilines is 2. The molecule has 3 aromatic rings. The molecule has 0 fully saturated rings. The van der Waals surface area contributed by atoms with Gasteiger partial charge in [-0.15, -0.1) is 0 Å². The number of alkyl halides is 3. The van der Waals surface area contributed by atoms with Gasteiger partial charge >= 0.3 is 6.18 Å². The van der Waals surface area contributed by atoms with E-state index in [4.69, 9.17) is 4.74 Å². The molecule has 0 aliphatic carbocycles. The highest BCUT2D eigenvalue weighted by Gasteiger charge is 2.47. The van der Waals surface area contributed by atoms with Crippen molar-refractivity contribution in [3.05, 3.63) is 71.4 Å². The summed E-state index contributed by atoms with van der Waals surface area (Å²) in [6, 6.07) is 11.6. The van der Waals surface area contributed by atoms with Crippen LogP contribution in [0.2, 0.25) is 0 Å². The summed E-state index contributed by atoms with van der Waals surface area (Å²) < 4.78 is 47.7. The lowest BCUT2D eigenvalue weighted by Gasteiger charge is -2.34. The highest BCUT2D eigenvalue weighted by molar-refractivity contribution is 6.07. The average Bonchev–Trinajstić information content (AvgIpc) is 3.18. The molecular weight excluding hydrogens is 421 g/mol. The first-order valence-corrected chi connectivity index (χ1v) is 10.3. The van der Waals surface area contributed by atoms with E-state index in [9.17, 15) is 18.0 Å². The Hall–Kier alpha value is -3.49. The van der Waals surface area contributed by atoms with Gasteiger partial charge in [0.25, 0.3) is 5.91 Å². The second kappa shape index (κ2) is 8.57. The van der Waals surface area contributed by atoms with Crippen molar-refractivity contribution in [2.45, 2.75) is 38.5 Å². The minimum Gasteiger partial charge on any atom is -0.494 e. The van der Waals surface area contributed by atoms with Crippen molar-refractivity contribution in [2.75, 3.05) is 17.2 Å². The number of carbonyl (C=O) groups excluding carboxylic acids is 1. The molecule has 1 amide bonds. The number of fused-ring (bicyclic) bond motifs is 1. The third-order valence-electron chi connectivity index (χ3n) is 5.39. The van der Waals surface area contributed by atoms with Crippen LogP contribution in [0.3, 0.4) is 0 Å². The first-order valence-electron chi connectivity index (χ1n) is 10.3. The van der Waals surface area contributed by atoms with E-state index in [0.29, 0.717) is 18.0 Å². The summed E-state index contributed by atoms with van der Waals surface area (Å²) in [5.74, 6) is 0.157. The number of hydrogen-bond donors (Lipinski definition) is 2. The van der Waals surface area contributed by atoms with Crippen LogP contribution in [0.15, 0.2) is 54.7 Å². The van der Waals surface area contributed by atoms with Gasteiger partial charge in [0.15, 0.2) is 6.04 Å². The van der Waals surface area contributed by atoms with E-state index >= 15 is 0 Å². The van der Waals surface area contributed by atoms with E-state index in [1.54, 1.807) is 36.4 Å². The molecule has 6 nitrogen and oxygen atoms in total. The highest BCUT2D eigenvalue weighted by atomic mass is 19.4. The first-order chi connectivity index (χ1) is 15.3. The topological polar surface area (TPSA) is 68.2 Å². The summed E-state index contributed by atoms with van der Waals surface area (Å²) in [5.41, 5.74) is 2.27. The van der Waals surface area contributed by atoms with Gasteiger partial charge in [-0.2, -0.15) is 18.3 Å². The van der Waals surface area contributed by atoms with Crippen LogP contribution < -0.4 is 15.4 Å².